The number of thiazole rings is 1. The average Bonchev–Trinajstić information content (AvgIpc) is 2.85. The third kappa shape index (κ3) is 5.51. The summed E-state index contributed by atoms with van der Waals surface area (Å²) in [6, 6.07) is 6.70. The molecule has 0 radical (unpaired) electrons. The van der Waals surface area contributed by atoms with Crippen LogP contribution in [-0.2, 0) is 17.1 Å². The lowest BCUT2D eigenvalue weighted by Crippen LogP contribution is -2.28. The Labute approximate surface area is 142 Å². The van der Waals surface area contributed by atoms with Crippen LogP contribution in [-0.4, -0.2) is 22.8 Å². The number of hydrogen-bond acceptors (Lipinski definition) is 4. The van der Waals surface area contributed by atoms with E-state index >= 15 is 0 Å². The van der Waals surface area contributed by atoms with Crippen molar-refractivity contribution in [3.63, 3.8) is 0 Å². The topological polar surface area (TPSA) is 51.1 Å². The molecule has 1 aromatic carbocycles. The van der Waals surface area contributed by atoms with Crippen molar-refractivity contribution in [3.8, 4) is 0 Å². The summed E-state index contributed by atoms with van der Waals surface area (Å²) in [6.07, 6.45) is 0.287. The van der Waals surface area contributed by atoms with Crippen LogP contribution in [0.2, 0.25) is 0 Å². The summed E-state index contributed by atoms with van der Waals surface area (Å²) in [5.41, 5.74) is 1.56. The largest absolute Gasteiger partial charge is 0.355 e. The molecule has 0 aliphatic rings. The molecule has 1 N–H and O–H groups in total. The summed E-state index contributed by atoms with van der Waals surface area (Å²) >= 11 is 2.72. The number of carbonyl (C=O) groups is 1. The van der Waals surface area contributed by atoms with Crippen LogP contribution in [0, 0.1) is 12.7 Å². The van der Waals surface area contributed by atoms with Gasteiger partial charge in [0.2, 0.25) is 5.91 Å². The van der Waals surface area contributed by atoms with Crippen molar-refractivity contribution in [3.05, 3.63) is 56.4 Å². The Morgan fingerprint density at radius 3 is 2.87 bits per heavy atom. The van der Waals surface area contributed by atoms with Gasteiger partial charge in [0.1, 0.15) is 5.82 Å². The zero-order chi connectivity index (χ0) is 16.7. The lowest BCUT2D eigenvalue weighted by atomic mass is 10.2. The van der Waals surface area contributed by atoms with Gasteiger partial charge in [-0.3, -0.25) is 9.59 Å². The minimum Gasteiger partial charge on any atom is -0.355 e. The smallest absolute Gasteiger partial charge is 0.307 e. The summed E-state index contributed by atoms with van der Waals surface area (Å²) in [5.74, 6) is 1.04. The third-order valence-corrected chi connectivity index (χ3v) is 5.21. The first-order valence-corrected chi connectivity index (χ1v) is 9.34. The van der Waals surface area contributed by atoms with Crippen molar-refractivity contribution in [1.29, 1.82) is 0 Å². The lowest BCUT2D eigenvalue weighted by Gasteiger charge is -2.07. The highest BCUT2D eigenvalue weighted by Crippen LogP contribution is 2.14. The second kappa shape index (κ2) is 8.88. The first-order valence-electron chi connectivity index (χ1n) is 7.30. The maximum absolute atomic E-state index is 13.4. The van der Waals surface area contributed by atoms with Crippen molar-refractivity contribution in [2.24, 2.45) is 0 Å². The van der Waals surface area contributed by atoms with Crippen molar-refractivity contribution in [2.75, 3.05) is 12.3 Å². The van der Waals surface area contributed by atoms with Crippen molar-refractivity contribution >= 4 is 29.0 Å². The molecular weight excluding hydrogens is 335 g/mol. The molecule has 1 heterocycles. The Hall–Kier alpha value is -1.60. The highest BCUT2D eigenvalue weighted by atomic mass is 32.2. The number of halogens is 1. The molecule has 2 rings (SSSR count). The molecule has 2 aromatic rings. The van der Waals surface area contributed by atoms with Crippen LogP contribution < -0.4 is 10.2 Å². The Morgan fingerprint density at radius 2 is 2.17 bits per heavy atom. The Bertz CT molecular complexity index is 712. The van der Waals surface area contributed by atoms with E-state index in [0.29, 0.717) is 24.4 Å². The maximum Gasteiger partial charge on any atom is 0.307 e. The van der Waals surface area contributed by atoms with Gasteiger partial charge in [-0.1, -0.05) is 29.5 Å². The molecule has 0 bridgehead atoms. The molecule has 23 heavy (non-hydrogen) atoms. The summed E-state index contributed by atoms with van der Waals surface area (Å²) in [5, 5.41) is 4.61. The van der Waals surface area contributed by atoms with Gasteiger partial charge in [-0.15, -0.1) is 0 Å². The van der Waals surface area contributed by atoms with Gasteiger partial charge in [-0.25, -0.2) is 4.39 Å². The number of rotatable bonds is 8. The molecule has 4 nitrogen and oxygen atoms in total. The van der Waals surface area contributed by atoms with E-state index in [1.165, 1.54) is 6.07 Å². The third-order valence-electron chi connectivity index (χ3n) is 3.32. The van der Waals surface area contributed by atoms with Crippen LogP contribution in [0.1, 0.15) is 17.7 Å². The van der Waals surface area contributed by atoms with Gasteiger partial charge in [-0.05, 0) is 18.6 Å². The molecule has 0 unspecified atom stereocenters. The molecule has 0 aliphatic carbocycles. The van der Waals surface area contributed by atoms with Gasteiger partial charge < -0.3 is 9.88 Å². The summed E-state index contributed by atoms with van der Waals surface area (Å²) in [7, 11) is 0. The molecule has 0 atom stereocenters. The number of hydrogen-bond donors (Lipinski definition) is 1. The van der Waals surface area contributed by atoms with E-state index < -0.39 is 0 Å². The highest BCUT2D eigenvalue weighted by Gasteiger charge is 2.06. The van der Waals surface area contributed by atoms with Crippen LogP contribution in [0.3, 0.4) is 0 Å². The predicted octanol–water partition coefficient (Wildman–Crippen LogP) is 2.80. The fraction of sp³-hybridized carbons (Fsp3) is 0.375. The zero-order valence-corrected chi connectivity index (χ0v) is 14.5. The van der Waals surface area contributed by atoms with Crippen LogP contribution in [0.25, 0.3) is 0 Å². The lowest BCUT2D eigenvalue weighted by molar-refractivity contribution is -0.121. The van der Waals surface area contributed by atoms with Crippen molar-refractivity contribution in [2.45, 2.75) is 25.6 Å². The van der Waals surface area contributed by atoms with Crippen LogP contribution in [0.15, 0.2) is 34.4 Å². The number of nitrogens with one attached hydrogen (secondary N) is 1. The SMILES string of the molecule is Cc1csc(=O)n1CCC(=O)NCCSCc1ccccc1F. The second-order valence-electron chi connectivity index (χ2n) is 5.04. The molecule has 0 saturated carbocycles. The van der Waals surface area contributed by atoms with E-state index in [1.807, 2.05) is 13.0 Å². The average molecular weight is 354 g/mol. The number of amides is 1. The number of thioether (sulfide) groups is 1. The Kier molecular flexibility index (Phi) is 6.85. The van der Waals surface area contributed by atoms with Crippen LogP contribution >= 0.6 is 23.1 Å². The molecule has 0 fully saturated rings. The van der Waals surface area contributed by atoms with E-state index in [0.717, 1.165) is 22.8 Å². The van der Waals surface area contributed by atoms with E-state index in [2.05, 4.69) is 5.32 Å². The minimum atomic E-state index is -0.194. The van der Waals surface area contributed by atoms with Gasteiger partial charge >= 0.3 is 4.87 Å². The number of aromatic nitrogens is 1. The quantitative estimate of drug-likeness (QED) is 0.742. The maximum atomic E-state index is 13.4. The van der Waals surface area contributed by atoms with Gasteiger partial charge in [0.25, 0.3) is 0 Å². The summed E-state index contributed by atoms with van der Waals surface area (Å²) < 4.78 is 15.0. The number of aryl methyl sites for hydroxylation is 1. The first-order chi connectivity index (χ1) is 11.1. The fourth-order valence-electron chi connectivity index (χ4n) is 2.04. The van der Waals surface area contributed by atoms with Crippen molar-refractivity contribution in [1.82, 2.24) is 9.88 Å². The molecule has 0 spiro atoms. The van der Waals surface area contributed by atoms with Gasteiger partial charge in [-0.2, -0.15) is 11.8 Å². The monoisotopic (exact) mass is 354 g/mol. The normalized spacial score (nSPS) is 10.7. The summed E-state index contributed by atoms with van der Waals surface area (Å²) in [6.45, 7) is 2.80. The van der Waals surface area contributed by atoms with Gasteiger partial charge in [0.05, 0.1) is 0 Å². The van der Waals surface area contributed by atoms with E-state index in [-0.39, 0.29) is 23.0 Å². The fourth-order valence-corrected chi connectivity index (χ4v) is 3.64. The first kappa shape index (κ1) is 17.7. The Balaban J connectivity index is 1.62. The number of benzene rings is 1. The molecule has 1 aromatic heterocycles. The minimum absolute atomic E-state index is 0.0317. The number of nitrogens with zero attached hydrogens (tertiary/aromatic N) is 1. The molecule has 7 heteroatoms. The Morgan fingerprint density at radius 1 is 1.39 bits per heavy atom. The van der Waals surface area contributed by atoms with Gasteiger partial charge in [0.15, 0.2) is 0 Å². The number of carbonyl (C=O) groups excluding carboxylic acids is 1. The van der Waals surface area contributed by atoms with E-state index in [4.69, 9.17) is 0 Å². The highest BCUT2D eigenvalue weighted by molar-refractivity contribution is 7.98. The molecule has 0 saturated heterocycles. The van der Waals surface area contributed by atoms with Crippen molar-refractivity contribution < 1.29 is 9.18 Å². The summed E-state index contributed by atoms with van der Waals surface area (Å²) in [4.78, 5) is 23.3. The predicted molar refractivity (Wildman–Crippen MR) is 93.5 cm³/mol. The van der Waals surface area contributed by atoms with E-state index in [9.17, 15) is 14.0 Å². The van der Waals surface area contributed by atoms with E-state index in [1.54, 1.807) is 33.8 Å². The molecule has 1 amide bonds. The standard InChI is InChI=1S/C16H19FN2O2S2/c1-12-10-23-16(21)19(12)8-6-15(20)18-7-9-22-11-13-4-2-3-5-14(13)17/h2-5,10H,6-9,11H2,1H3,(H,18,20). The zero-order valence-electron chi connectivity index (χ0n) is 12.9. The molecule has 0 aliphatic heterocycles. The second-order valence-corrected chi connectivity index (χ2v) is 6.96. The van der Waals surface area contributed by atoms with Crippen LogP contribution in [0.5, 0.6) is 0 Å². The molecule has 124 valence electrons. The molecular formula is C16H19FN2O2S2. The van der Waals surface area contributed by atoms with Crippen LogP contribution in [0.4, 0.5) is 4.39 Å². The van der Waals surface area contributed by atoms with Gasteiger partial charge in [0, 0.05) is 42.1 Å².